The standard InChI is InChI=1S/C16H19NO2/c1-5-13-8-6-9-14(12-13)10-7-11-17-15(18)19-16(2,3)4/h1,6-10,12H,11H2,2-4H3,(H,17,18). The van der Waals surface area contributed by atoms with Crippen molar-refractivity contribution in [3.8, 4) is 12.3 Å². The largest absolute Gasteiger partial charge is 0.444 e. The average Bonchev–Trinajstić information content (AvgIpc) is 2.33. The molecule has 1 aromatic carbocycles. The Bertz CT molecular complexity index is 504. The van der Waals surface area contributed by atoms with Crippen LogP contribution in [0.25, 0.3) is 6.08 Å². The number of benzene rings is 1. The number of alkyl carbamates (subject to hydrolysis) is 1. The molecule has 3 heteroatoms. The van der Waals surface area contributed by atoms with E-state index in [1.165, 1.54) is 0 Å². The van der Waals surface area contributed by atoms with Crippen molar-refractivity contribution in [2.24, 2.45) is 0 Å². The summed E-state index contributed by atoms with van der Waals surface area (Å²) in [5.41, 5.74) is 1.36. The number of nitrogens with one attached hydrogen (secondary N) is 1. The Morgan fingerprint density at radius 3 is 2.84 bits per heavy atom. The number of rotatable bonds is 3. The number of carbonyl (C=O) groups is 1. The van der Waals surface area contributed by atoms with Gasteiger partial charge in [0.1, 0.15) is 5.60 Å². The van der Waals surface area contributed by atoms with Gasteiger partial charge in [0.2, 0.25) is 0 Å². The van der Waals surface area contributed by atoms with E-state index in [0.717, 1.165) is 11.1 Å². The molecule has 0 aliphatic heterocycles. The maximum Gasteiger partial charge on any atom is 0.407 e. The lowest BCUT2D eigenvalue weighted by Crippen LogP contribution is -2.32. The first-order valence-corrected chi connectivity index (χ1v) is 6.11. The van der Waals surface area contributed by atoms with E-state index in [2.05, 4.69) is 11.2 Å². The van der Waals surface area contributed by atoms with E-state index < -0.39 is 11.7 Å². The topological polar surface area (TPSA) is 38.3 Å². The van der Waals surface area contributed by atoms with E-state index in [1.54, 1.807) is 0 Å². The molecule has 1 N–H and O–H groups in total. The van der Waals surface area contributed by atoms with Crippen molar-refractivity contribution >= 4 is 12.2 Å². The Morgan fingerprint density at radius 1 is 1.47 bits per heavy atom. The van der Waals surface area contributed by atoms with E-state index in [4.69, 9.17) is 11.2 Å². The minimum absolute atomic E-state index is 0.412. The lowest BCUT2D eigenvalue weighted by molar-refractivity contribution is 0.0534. The summed E-state index contributed by atoms with van der Waals surface area (Å²) in [6.07, 6.45) is 8.65. The van der Waals surface area contributed by atoms with E-state index >= 15 is 0 Å². The van der Waals surface area contributed by atoms with Crippen LogP contribution in [0.5, 0.6) is 0 Å². The summed E-state index contributed by atoms with van der Waals surface area (Å²) in [7, 11) is 0. The maximum absolute atomic E-state index is 11.4. The van der Waals surface area contributed by atoms with Crippen molar-refractivity contribution in [3.63, 3.8) is 0 Å². The first-order chi connectivity index (χ1) is 8.90. The maximum atomic E-state index is 11.4. The van der Waals surface area contributed by atoms with Gasteiger partial charge in [-0.15, -0.1) is 6.42 Å². The van der Waals surface area contributed by atoms with Crippen molar-refractivity contribution in [1.82, 2.24) is 5.32 Å². The second-order valence-electron chi connectivity index (χ2n) is 5.05. The van der Waals surface area contributed by atoms with Crippen LogP contribution in [0.4, 0.5) is 4.79 Å². The third kappa shape index (κ3) is 6.32. The van der Waals surface area contributed by atoms with Crippen LogP contribution in [-0.4, -0.2) is 18.2 Å². The smallest absolute Gasteiger partial charge is 0.407 e. The monoisotopic (exact) mass is 257 g/mol. The molecule has 0 atom stereocenters. The third-order valence-corrected chi connectivity index (χ3v) is 2.13. The molecule has 1 amide bonds. The molecule has 0 aromatic heterocycles. The number of carbonyl (C=O) groups excluding carboxylic acids is 1. The highest BCUT2D eigenvalue weighted by Crippen LogP contribution is 2.07. The fraction of sp³-hybridized carbons (Fsp3) is 0.312. The van der Waals surface area contributed by atoms with E-state index in [9.17, 15) is 4.79 Å². The highest BCUT2D eigenvalue weighted by molar-refractivity contribution is 5.68. The van der Waals surface area contributed by atoms with Crippen LogP contribution in [0.1, 0.15) is 31.9 Å². The molecule has 0 spiro atoms. The van der Waals surface area contributed by atoms with Gasteiger partial charge >= 0.3 is 6.09 Å². The number of ether oxygens (including phenoxy) is 1. The highest BCUT2D eigenvalue weighted by atomic mass is 16.6. The molecule has 0 heterocycles. The van der Waals surface area contributed by atoms with Gasteiger partial charge in [0.25, 0.3) is 0 Å². The summed E-state index contributed by atoms with van der Waals surface area (Å²) < 4.78 is 5.12. The number of hydrogen-bond acceptors (Lipinski definition) is 2. The molecule has 0 aliphatic carbocycles. The zero-order valence-corrected chi connectivity index (χ0v) is 11.6. The molecule has 100 valence electrons. The van der Waals surface area contributed by atoms with Crippen molar-refractivity contribution in [1.29, 1.82) is 0 Å². The second kappa shape index (κ2) is 6.65. The molecule has 0 saturated carbocycles. The van der Waals surface area contributed by atoms with E-state index in [-0.39, 0.29) is 0 Å². The van der Waals surface area contributed by atoms with Gasteiger partial charge in [0, 0.05) is 12.1 Å². The molecule has 19 heavy (non-hydrogen) atoms. The lowest BCUT2D eigenvalue weighted by atomic mass is 10.1. The molecular formula is C16H19NO2. The molecule has 0 fully saturated rings. The summed E-state index contributed by atoms with van der Waals surface area (Å²) in [4.78, 5) is 11.4. The fourth-order valence-corrected chi connectivity index (χ4v) is 1.38. The van der Waals surface area contributed by atoms with Crippen LogP contribution in [0, 0.1) is 12.3 Å². The number of hydrogen-bond donors (Lipinski definition) is 1. The van der Waals surface area contributed by atoms with Gasteiger partial charge in [-0.25, -0.2) is 4.79 Å². The van der Waals surface area contributed by atoms with Crippen molar-refractivity contribution in [2.45, 2.75) is 26.4 Å². The predicted octanol–water partition coefficient (Wildman–Crippen LogP) is 3.21. The predicted molar refractivity (Wildman–Crippen MR) is 77.6 cm³/mol. The van der Waals surface area contributed by atoms with E-state index in [0.29, 0.717) is 6.54 Å². The third-order valence-electron chi connectivity index (χ3n) is 2.13. The van der Waals surface area contributed by atoms with Gasteiger partial charge in [-0.05, 0) is 38.5 Å². The van der Waals surface area contributed by atoms with Gasteiger partial charge in [-0.2, -0.15) is 0 Å². The van der Waals surface area contributed by atoms with Crippen LogP contribution >= 0.6 is 0 Å². The van der Waals surface area contributed by atoms with Crippen LogP contribution in [0.2, 0.25) is 0 Å². The zero-order chi connectivity index (χ0) is 14.3. The molecule has 0 unspecified atom stereocenters. The van der Waals surface area contributed by atoms with Gasteiger partial charge in [0.05, 0.1) is 0 Å². The van der Waals surface area contributed by atoms with Crippen LogP contribution in [0.3, 0.4) is 0 Å². The van der Waals surface area contributed by atoms with Gasteiger partial charge < -0.3 is 10.1 Å². The minimum atomic E-state index is -0.477. The molecule has 1 aromatic rings. The summed E-state index contributed by atoms with van der Waals surface area (Å²) in [6, 6.07) is 7.63. The number of amides is 1. The Labute approximate surface area is 114 Å². The summed E-state index contributed by atoms with van der Waals surface area (Å²) in [5, 5.41) is 2.65. The average molecular weight is 257 g/mol. The first-order valence-electron chi connectivity index (χ1n) is 6.11. The van der Waals surface area contributed by atoms with Crippen LogP contribution in [-0.2, 0) is 4.74 Å². The van der Waals surface area contributed by atoms with E-state index in [1.807, 2.05) is 57.2 Å². The second-order valence-corrected chi connectivity index (χ2v) is 5.05. The Balaban J connectivity index is 2.42. The zero-order valence-electron chi connectivity index (χ0n) is 11.6. The summed E-state index contributed by atoms with van der Waals surface area (Å²) in [5.74, 6) is 2.58. The minimum Gasteiger partial charge on any atom is -0.444 e. The quantitative estimate of drug-likeness (QED) is 0.844. The van der Waals surface area contributed by atoms with Gasteiger partial charge in [-0.1, -0.05) is 30.2 Å². The normalized spacial score (nSPS) is 11.1. The molecule has 0 radical (unpaired) electrons. The Kier molecular flexibility index (Phi) is 5.20. The Hall–Kier alpha value is -2.21. The molecular weight excluding hydrogens is 238 g/mol. The van der Waals surface area contributed by atoms with Crippen LogP contribution in [0.15, 0.2) is 30.3 Å². The lowest BCUT2D eigenvalue weighted by Gasteiger charge is -2.19. The molecule has 3 nitrogen and oxygen atoms in total. The van der Waals surface area contributed by atoms with Crippen molar-refractivity contribution < 1.29 is 9.53 Å². The SMILES string of the molecule is C#Cc1cccc(C=CCNC(=O)OC(C)(C)C)c1. The molecule has 0 bridgehead atoms. The Morgan fingerprint density at radius 2 is 2.21 bits per heavy atom. The van der Waals surface area contributed by atoms with Crippen molar-refractivity contribution in [2.75, 3.05) is 6.54 Å². The fourth-order valence-electron chi connectivity index (χ4n) is 1.38. The van der Waals surface area contributed by atoms with Crippen molar-refractivity contribution in [3.05, 3.63) is 41.5 Å². The van der Waals surface area contributed by atoms with Gasteiger partial charge in [0.15, 0.2) is 0 Å². The highest BCUT2D eigenvalue weighted by Gasteiger charge is 2.14. The molecule has 0 aliphatic rings. The molecule has 1 rings (SSSR count). The first kappa shape index (κ1) is 14.8. The summed E-state index contributed by atoms with van der Waals surface area (Å²) in [6.45, 7) is 5.89. The molecule has 0 saturated heterocycles. The van der Waals surface area contributed by atoms with Crippen LogP contribution < -0.4 is 5.32 Å². The number of terminal acetylenes is 1. The summed E-state index contributed by atoms with van der Waals surface area (Å²) >= 11 is 0. The van der Waals surface area contributed by atoms with Gasteiger partial charge in [-0.3, -0.25) is 0 Å².